The van der Waals surface area contributed by atoms with Gasteiger partial charge in [0, 0.05) is 12.8 Å². The lowest BCUT2D eigenvalue weighted by Crippen LogP contribution is -2.47. The van der Waals surface area contributed by atoms with Crippen molar-refractivity contribution in [1.82, 2.24) is 5.32 Å². The first kappa shape index (κ1) is 40.7. The molecular formula is C39H67NO5. The zero-order valence-corrected chi connectivity index (χ0v) is 29.3. The molecule has 45 heavy (non-hydrogen) atoms. The van der Waals surface area contributed by atoms with Gasteiger partial charge in [0.2, 0.25) is 5.91 Å². The molecule has 1 aromatic carbocycles. The van der Waals surface area contributed by atoms with Crippen LogP contribution in [0.25, 0.3) is 0 Å². The molecule has 0 heterocycles. The standard InChI is InChI=1S/C39H67NO5/c1-4-7-9-11-13-15-17-19-21-23-28-32-35(41)40-37(39(43)44-6-3)38(34-30-26-25-27-31-34)45-36(42)33-29-24-22-20-18-16-14-12-10-8-5-2/h25-27,30-31,37-38H,4-24,28-29,32-33H2,1-3H3,(H,40,41)/t37-,38-/m0/s1. The van der Waals surface area contributed by atoms with E-state index in [0.717, 1.165) is 38.5 Å². The van der Waals surface area contributed by atoms with Gasteiger partial charge in [0.15, 0.2) is 12.1 Å². The van der Waals surface area contributed by atoms with Crippen LogP contribution in [0.15, 0.2) is 30.3 Å². The third kappa shape index (κ3) is 21.9. The minimum atomic E-state index is -1.09. The average molecular weight is 630 g/mol. The van der Waals surface area contributed by atoms with Gasteiger partial charge >= 0.3 is 11.9 Å². The van der Waals surface area contributed by atoms with Crippen molar-refractivity contribution in [1.29, 1.82) is 0 Å². The molecule has 0 spiro atoms. The van der Waals surface area contributed by atoms with Crippen molar-refractivity contribution in [3.8, 4) is 0 Å². The van der Waals surface area contributed by atoms with E-state index in [1.807, 2.05) is 30.3 Å². The number of unbranched alkanes of at least 4 members (excludes halogenated alkanes) is 20. The summed E-state index contributed by atoms with van der Waals surface area (Å²) in [5, 5.41) is 2.86. The molecule has 0 saturated heterocycles. The fourth-order valence-corrected chi connectivity index (χ4v) is 5.79. The second-order valence-electron chi connectivity index (χ2n) is 12.7. The highest BCUT2D eigenvalue weighted by Crippen LogP contribution is 2.24. The van der Waals surface area contributed by atoms with Crippen molar-refractivity contribution in [2.75, 3.05) is 6.61 Å². The highest BCUT2D eigenvalue weighted by Gasteiger charge is 2.35. The van der Waals surface area contributed by atoms with Crippen molar-refractivity contribution >= 4 is 17.8 Å². The number of ether oxygens (including phenoxy) is 2. The van der Waals surface area contributed by atoms with E-state index in [9.17, 15) is 14.4 Å². The summed E-state index contributed by atoms with van der Waals surface area (Å²) in [6, 6.07) is 8.11. The average Bonchev–Trinajstić information content (AvgIpc) is 3.04. The maximum Gasteiger partial charge on any atom is 0.332 e. The Bertz CT molecular complexity index is 858. The number of carbonyl (C=O) groups is 3. The lowest BCUT2D eigenvalue weighted by molar-refractivity contribution is -0.160. The third-order valence-electron chi connectivity index (χ3n) is 8.54. The smallest absolute Gasteiger partial charge is 0.332 e. The van der Waals surface area contributed by atoms with Crippen LogP contribution in [0.4, 0.5) is 0 Å². The molecule has 2 atom stereocenters. The van der Waals surface area contributed by atoms with Crippen molar-refractivity contribution in [3.05, 3.63) is 35.9 Å². The molecule has 0 aliphatic carbocycles. The Hall–Kier alpha value is -2.37. The summed E-state index contributed by atoms with van der Waals surface area (Å²) in [7, 11) is 0. The van der Waals surface area contributed by atoms with Crippen LogP contribution >= 0.6 is 0 Å². The highest BCUT2D eigenvalue weighted by atomic mass is 16.6. The summed E-state index contributed by atoms with van der Waals surface area (Å²) < 4.78 is 11.2. The third-order valence-corrected chi connectivity index (χ3v) is 8.54. The molecule has 0 radical (unpaired) electrons. The molecule has 0 aromatic heterocycles. The molecule has 1 N–H and O–H groups in total. The van der Waals surface area contributed by atoms with E-state index in [4.69, 9.17) is 9.47 Å². The Balaban J connectivity index is 2.53. The Morgan fingerprint density at radius 1 is 0.578 bits per heavy atom. The van der Waals surface area contributed by atoms with Gasteiger partial charge in [0.25, 0.3) is 0 Å². The zero-order valence-electron chi connectivity index (χ0n) is 29.3. The maximum atomic E-state index is 13.1. The first-order chi connectivity index (χ1) is 22.0. The fraction of sp³-hybridized carbons (Fsp3) is 0.769. The topological polar surface area (TPSA) is 81.7 Å². The van der Waals surface area contributed by atoms with Gasteiger partial charge in [-0.2, -0.15) is 0 Å². The molecule has 0 aliphatic rings. The zero-order chi connectivity index (χ0) is 32.8. The number of esters is 2. The second kappa shape index (κ2) is 29.1. The van der Waals surface area contributed by atoms with Gasteiger partial charge in [0.05, 0.1) is 6.61 Å². The molecule has 0 aliphatic heterocycles. The van der Waals surface area contributed by atoms with E-state index in [1.54, 1.807) is 6.92 Å². The fourth-order valence-electron chi connectivity index (χ4n) is 5.79. The number of benzene rings is 1. The monoisotopic (exact) mass is 630 g/mol. The predicted octanol–water partition coefficient (Wildman–Crippen LogP) is 10.7. The van der Waals surface area contributed by atoms with E-state index < -0.39 is 18.1 Å². The largest absolute Gasteiger partial charge is 0.464 e. The summed E-state index contributed by atoms with van der Waals surface area (Å²) in [5.41, 5.74) is 0.665. The van der Waals surface area contributed by atoms with E-state index in [2.05, 4.69) is 19.2 Å². The number of nitrogens with one attached hydrogen (secondary N) is 1. The van der Waals surface area contributed by atoms with Crippen LogP contribution in [0.3, 0.4) is 0 Å². The first-order valence-corrected chi connectivity index (χ1v) is 18.7. The lowest BCUT2D eigenvalue weighted by atomic mass is 10.0. The summed E-state index contributed by atoms with van der Waals surface area (Å²) in [6.07, 6.45) is 26.2. The van der Waals surface area contributed by atoms with Gasteiger partial charge in [-0.1, -0.05) is 173 Å². The van der Waals surface area contributed by atoms with Gasteiger partial charge in [0.1, 0.15) is 0 Å². The summed E-state index contributed by atoms with van der Waals surface area (Å²) in [5.74, 6) is -1.15. The molecule has 0 unspecified atom stereocenters. The second-order valence-corrected chi connectivity index (χ2v) is 12.7. The number of hydrogen-bond donors (Lipinski definition) is 1. The molecule has 0 saturated carbocycles. The minimum Gasteiger partial charge on any atom is -0.464 e. The Morgan fingerprint density at radius 2 is 1.00 bits per heavy atom. The van der Waals surface area contributed by atoms with E-state index in [1.165, 1.54) is 103 Å². The van der Waals surface area contributed by atoms with Crippen molar-refractivity contribution in [2.24, 2.45) is 0 Å². The summed E-state index contributed by atoms with van der Waals surface area (Å²) in [4.78, 5) is 39.0. The minimum absolute atomic E-state index is 0.179. The molecule has 6 nitrogen and oxygen atoms in total. The molecule has 1 amide bonds. The number of hydrogen-bond acceptors (Lipinski definition) is 5. The molecule has 1 aromatic rings. The molecule has 6 heteroatoms. The maximum absolute atomic E-state index is 13.1. The van der Waals surface area contributed by atoms with Crippen molar-refractivity contribution in [2.45, 2.75) is 187 Å². The van der Waals surface area contributed by atoms with Crippen LogP contribution in [0.1, 0.15) is 187 Å². The molecular weight excluding hydrogens is 562 g/mol. The molecule has 1 rings (SSSR count). The predicted molar refractivity (Wildman–Crippen MR) is 186 cm³/mol. The Morgan fingerprint density at radius 3 is 1.44 bits per heavy atom. The quantitative estimate of drug-likeness (QED) is 0.0676. The van der Waals surface area contributed by atoms with Crippen LogP contribution in [0, 0.1) is 0 Å². The van der Waals surface area contributed by atoms with Crippen LogP contribution in [0.2, 0.25) is 0 Å². The van der Waals surface area contributed by atoms with Gasteiger partial charge in [-0.05, 0) is 25.3 Å². The first-order valence-electron chi connectivity index (χ1n) is 18.7. The van der Waals surface area contributed by atoms with Crippen LogP contribution in [-0.2, 0) is 23.9 Å². The van der Waals surface area contributed by atoms with Gasteiger partial charge in [-0.3, -0.25) is 9.59 Å². The van der Waals surface area contributed by atoms with Gasteiger partial charge in [-0.15, -0.1) is 0 Å². The SMILES string of the molecule is CCCCCCCCCCCCCC(=O)N[C@H](C(=O)OCC)[C@@H](OC(=O)CCCCCCCCCCCCC)c1ccccc1. The van der Waals surface area contributed by atoms with Crippen molar-refractivity contribution < 1.29 is 23.9 Å². The summed E-state index contributed by atoms with van der Waals surface area (Å²) >= 11 is 0. The van der Waals surface area contributed by atoms with Crippen LogP contribution in [-0.4, -0.2) is 30.5 Å². The highest BCUT2D eigenvalue weighted by molar-refractivity contribution is 5.85. The molecule has 0 bridgehead atoms. The summed E-state index contributed by atoms with van der Waals surface area (Å²) in [6.45, 7) is 6.40. The van der Waals surface area contributed by atoms with Gasteiger partial charge in [-0.25, -0.2) is 4.79 Å². The lowest BCUT2D eigenvalue weighted by Gasteiger charge is -2.27. The Labute approximate surface area is 276 Å². The number of carbonyl (C=O) groups excluding carboxylic acids is 3. The Kier molecular flexibility index (Phi) is 26.3. The molecule has 0 fully saturated rings. The normalized spacial score (nSPS) is 12.4. The van der Waals surface area contributed by atoms with E-state index in [-0.39, 0.29) is 18.5 Å². The van der Waals surface area contributed by atoms with Gasteiger partial charge < -0.3 is 14.8 Å². The number of amides is 1. The van der Waals surface area contributed by atoms with Crippen LogP contribution in [0.5, 0.6) is 0 Å². The van der Waals surface area contributed by atoms with Crippen molar-refractivity contribution in [3.63, 3.8) is 0 Å². The molecule has 258 valence electrons. The van der Waals surface area contributed by atoms with E-state index >= 15 is 0 Å². The van der Waals surface area contributed by atoms with E-state index in [0.29, 0.717) is 18.4 Å². The van der Waals surface area contributed by atoms with Crippen LogP contribution < -0.4 is 5.32 Å². The number of rotatable bonds is 30.